The van der Waals surface area contributed by atoms with Crippen molar-refractivity contribution in [3.63, 3.8) is 0 Å². The molecule has 0 saturated carbocycles. The van der Waals surface area contributed by atoms with Gasteiger partial charge in [0.1, 0.15) is 6.04 Å². The first kappa shape index (κ1) is 31.1. The largest absolute Gasteiger partial charge is 0.416 e. The third kappa shape index (κ3) is 9.04. The van der Waals surface area contributed by atoms with Gasteiger partial charge in [-0.3, -0.25) is 13.9 Å². The monoisotopic (exact) mass is 555 g/mol. The number of carbonyl (C=O) groups excluding carboxylic acids is 2. The van der Waals surface area contributed by atoms with Crippen LogP contribution in [0, 0.1) is 6.92 Å². The number of sulfonamides is 1. The molecule has 210 valence electrons. The van der Waals surface area contributed by atoms with Crippen molar-refractivity contribution in [3.05, 3.63) is 65.2 Å². The van der Waals surface area contributed by atoms with Crippen LogP contribution in [0.1, 0.15) is 56.2 Å². The SMILES string of the molecule is CCCNC(=O)C(CC)N(Cc1cccc(C)c1)C(=O)CCCN(c1cccc(C(F)(F)F)c1)S(C)(=O)=O. The number of anilines is 1. The number of nitrogens with one attached hydrogen (secondary N) is 1. The molecule has 0 radical (unpaired) electrons. The number of alkyl halides is 3. The minimum Gasteiger partial charge on any atom is -0.354 e. The van der Waals surface area contributed by atoms with E-state index in [2.05, 4.69) is 5.32 Å². The highest BCUT2D eigenvalue weighted by molar-refractivity contribution is 7.92. The highest BCUT2D eigenvalue weighted by atomic mass is 32.2. The van der Waals surface area contributed by atoms with Gasteiger partial charge in [0.25, 0.3) is 0 Å². The average molecular weight is 556 g/mol. The predicted octanol–water partition coefficient (Wildman–Crippen LogP) is 4.89. The van der Waals surface area contributed by atoms with Crippen LogP contribution < -0.4 is 9.62 Å². The summed E-state index contributed by atoms with van der Waals surface area (Å²) in [4.78, 5) is 27.8. The summed E-state index contributed by atoms with van der Waals surface area (Å²) in [5.74, 6) is -0.612. The van der Waals surface area contributed by atoms with Gasteiger partial charge in [-0.05, 0) is 49.9 Å². The van der Waals surface area contributed by atoms with E-state index in [9.17, 15) is 31.2 Å². The summed E-state index contributed by atoms with van der Waals surface area (Å²) in [6.45, 7) is 6.14. The topological polar surface area (TPSA) is 86.8 Å². The molecule has 2 aromatic rings. The van der Waals surface area contributed by atoms with Crippen molar-refractivity contribution in [2.24, 2.45) is 0 Å². The van der Waals surface area contributed by atoms with E-state index in [0.29, 0.717) is 13.0 Å². The van der Waals surface area contributed by atoms with E-state index in [1.165, 1.54) is 11.0 Å². The zero-order valence-electron chi connectivity index (χ0n) is 22.2. The van der Waals surface area contributed by atoms with Crippen LogP contribution in [-0.4, -0.2) is 50.5 Å². The maximum atomic E-state index is 13.4. The molecular weight excluding hydrogens is 519 g/mol. The number of carbonyl (C=O) groups is 2. The Morgan fingerprint density at radius 1 is 1.05 bits per heavy atom. The molecule has 0 aliphatic rings. The molecule has 2 amide bonds. The molecule has 1 unspecified atom stereocenters. The summed E-state index contributed by atoms with van der Waals surface area (Å²) in [6, 6.07) is 10.9. The van der Waals surface area contributed by atoms with Crippen molar-refractivity contribution in [3.8, 4) is 0 Å². The summed E-state index contributed by atoms with van der Waals surface area (Å²) in [5, 5.41) is 2.84. The Kier molecular flexibility index (Phi) is 11.2. The number of nitrogens with zero attached hydrogens (tertiary/aromatic N) is 2. The smallest absolute Gasteiger partial charge is 0.354 e. The lowest BCUT2D eigenvalue weighted by Gasteiger charge is -2.31. The van der Waals surface area contributed by atoms with Gasteiger partial charge in [-0.15, -0.1) is 0 Å². The fourth-order valence-corrected chi connectivity index (χ4v) is 5.09. The van der Waals surface area contributed by atoms with Crippen LogP contribution in [-0.2, 0) is 32.3 Å². The van der Waals surface area contributed by atoms with Gasteiger partial charge >= 0.3 is 6.18 Å². The van der Waals surface area contributed by atoms with Gasteiger partial charge in [0.15, 0.2) is 0 Å². The Hall–Kier alpha value is -3.08. The van der Waals surface area contributed by atoms with Crippen LogP contribution in [0.5, 0.6) is 0 Å². The molecule has 11 heteroatoms. The van der Waals surface area contributed by atoms with E-state index < -0.39 is 27.8 Å². The highest BCUT2D eigenvalue weighted by Gasteiger charge is 2.32. The standard InChI is InChI=1S/C27H36F3N3O4S/c1-5-15-31-26(35)24(6-2)32(19-21-11-7-10-20(3)17-21)25(34)14-9-16-33(38(4,36)37)23-13-8-12-22(18-23)27(28,29)30/h7-8,10-13,17-18,24H,5-6,9,14-16,19H2,1-4H3,(H,31,35). The van der Waals surface area contributed by atoms with Crippen molar-refractivity contribution in [2.75, 3.05) is 23.7 Å². The Labute approximate surface area is 223 Å². The minimum atomic E-state index is -4.63. The second-order valence-corrected chi connectivity index (χ2v) is 11.1. The molecule has 0 heterocycles. The summed E-state index contributed by atoms with van der Waals surface area (Å²) >= 11 is 0. The minimum absolute atomic E-state index is 0.0550. The highest BCUT2D eigenvalue weighted by Crippen LogP contribution is 2.32. The molecule has 2 aromatic carbocycles. The lowest BCUT2D eigenvalue weighted by atomic mass is 10.1. The van der Waals surface area contributed by atoms with E-state index in [1.54, 1.807) is 0 Å². The first-order chi connectivity index (χ1) is 17.8. The van der Waals surface area contributed by atoms with Crippen LogP contribution in [0.4, 0.5) is 18.9 Å². The number of hydrogen-bond acceptors (Lipinski definition) is 4. The molecule has 7 nitrogen and oxygen atoms in total. The Morgan fingerprint density at radius 3 is 2.32 bits per heavy atom. The van der Waals surface area contributed by atoms with Crippen LogP contribution in [0.25, 0.3) is 0 Å². The second kappa shape index (κ2) is 13.6. The van der Waals surface area contributed by atoms with Crippen molar-refractivity contribution in [1.82, 2.24) is 10.2 Å². The number of benzene rings is 2. The van der Waals surface area contributed by atoms with Crippen molar-refractivity contribution < 1.29 is 31.2 Å². The summed E-state index contributed by atoms with van der Waals surface area (Å²) < 4.78 is 65.2. The van der Waals surface area contributed by atoms with Crippen LogP contribution >= 0.6 is 0 Å². The fourth-order valence-electron chi connectivity index (χ4n) is 4.13. The third-order valence-corrected chi connectivity index (χ3v) is 7.18. The van der Waals surface area contributed by atoms with Gasteiger partial charge in [0, 0.05) is 26.1 Å². The van der Waals surface area contributed by atoms with Crippen LogP contribution in [0.15, 0.2) is 48.5 Å². The van der Waals surface area contributed by atoms with E-state index in [4.69, 9.17) is 0 Å². The Morgan fingerprint density at radius 2 is 1.74 bits per heavy atom. The first-order valence-corrected chi connectivity index (χ1v) is 14.4. The zero-order valence-corrected chi connectivity index (χ0v) is 23.0. The summed E-state index contributed by atoms with van der Waals surface area (Å²) in [7, 11) is -3.92. The molecule has 38 heavy (non-hydrogen) atoms. The maximum absolute atomic E-state index is 13.4. The van der Waals surface area contributed by atoms with Gasteiger partial charge in [-0.25, -0.2) is 8.42 Å². The van der Waals surface area contributed by atoms with Crippen molar-refractivity contribution >= 4 is 27.5 Å². The Bertz CT molecular complexity index is 1200. The van der Waals surface area contributed by atoms with Crippen molar-refractivity contribution in [1.29, 1.82) is 0 Å². The maximum Gasteiger partial charge on any atom is 0.416 e. The normalized spacial score (nSPS) is 12.6. The van der Waals surface area contributed by atoms with Gasteiger partial charge in [0.2, 0.25) is 21.8 Å². The Balaban J connectivity index is 2.25. The molecule has 0 fully saturated rings. The van der Waals surface area contributed by atoms with Crippen molar-refractivity contribution in [2.45, 2.75) is 65.2 Å². The quantitative estimate of drug-likeness (QED) is 0.381. The van der Waals surface area contributed by atoms with E-state index in [1.807, 2.05) is 45.0 Å². The molecule has 0 aliphatic heterocycles. The lowest BCUT2D eigenvalue weighted by molar-refractivity contribution is -0.141. The van der Waals surface area contributed by atoms with Gasteiger partial charge in [0.05, 0.1) is 17.5 Å². The number of rotatable bonds is 13. The average Bonchev–Trinajstić information content (AvgIpc) is 2.84. The lowest BCUT2D eigenvalue weighted by Crippen LogP contribution is -2.49. The second-order valence-electron chi connectivity index (χ2n) is 9.21. The molecule has 0 aliphatic carbocycles. The molecule has 0 spiro atoms. The van der Waals surface area contributed by atoms with Gasteiger partial charge < -0.3 is 10.2 Å². The van der Waals surface area contributed by atoms with Crippen LogP contribution in [0.3, 0.4) is 0 Å². The zero-order chi connectivity index (χ0) is 28.5. The van der Waals surface area contributed by atoms with E-state index in [0.717, 1.165) is 46.3 Å². The summed E-state index contributed by atoms with van der Waals surface area (Å²) in [6.07, 6.45) is -2.63. The first-order valence-electron chi connectivity index (χ1n) is 12.6. The number of hydrogen-bond donors (Lipinski definition) is 1. The number of amides is 2. The summed E-state index contributed by atoms with van der Waals surface area (Å²) in [5.41, 5.74) is 0.759. The molecule has 1 atom stereocenters. The van der Waals surface area contributed by atoms with E-state index >= 15 is 0 Å². The van der Waals surface area contributed by atoms with Crippen LogP contribution in [0.2, 0.25) is 0 Å². The van der Waals surface area contributed by atoms with Gasteiger partial charge in [-0.1, -0.05) is 49.7 Å². The molecule has 2 rings (SSSR count). The van der Waals surface area contributed by atoms with E-state index in [-0.39, 0.29) is 43.4 Å². The molecule has 0 saturated heterocycles. The number of halogens is 3. The van der Waals surface area contributed by atoms with Gasteiger partial charge in [-0.2, -0.15) is 13.2 Å². The third-order valence-electron chi connectivity index (χ3n) is 5.98. The number of aryl methyl sites for hydroxylation is 1. The molecular formula is C27H36F3N3O4S. The molecule has 0 bridgehead atoms. The molecule has 0 aromatic heterocycles. The predicted molar refractivity (Wildman–Crippen MR) is 142 cm³/mol. The fraction of sp³-hybridized carbons (Fsp3) is 0.481. The molecule has 1 N–H and O–H groups in total.